The van der Waals surface area contributed by atoms with Crippen molar-refractivity contribution >= 4 is 29.4 Å². The van der Waals surface area contributed by atoms with Crippen molar-refractivity contribution in [2.45, 2.75) is 6.54 Å². The Hall–Kier alpha value is -2.23. The average Bonchev–Trinajstić information content (AvgIpc) is 3.27. The molecule has 1 aromatic heterocycles. The molecule has 150 valence electrons. The minimum absolute atomic E-state index is 0.00922. The van der Waals surface area contributed by atoms with Crippen molar-refractivity contribution in [3.8, 4) is 0 Å². The monoisotopic (exact) mass is 407 g/mol. The highest BCUT2D eigenvalue weighted by molar-refractivity contribution is 6.31. The van der Waals surface area contributed by atoms with Gasteiger partial charge in [-0.1, -0.05) is 11.6 Å². The molecule has 4 heterocycles. The summed E-state index contributed by atoms with van der Waals surface area (Å²) in [5.74, 6) is -0.444. The summed E-state index contributed by atoms with van der Waals surface area (Å²) in [6.07, 6.45) is 3.33. The number of halogens is 1. The van der Waals surface area contributed by atoms with Gasteiger partial charge in [0.1, 0.15) is 13.1 Å². The number of likely N-dealkylation sites (tertiary alicyclic amines) is 2. The molecule has 2 N–H and O–H groups in total. The SMILES string of the molecule is O=C1CN(CC(=O)N2CC3CN(Cc4ccncc4Cl)CC3(CO)C2)C(=O)N1. The predicted octanol–water partition coefficient (Wildman–Crippen LogP) is -0.460. The van der Waals surface area contributed by atoms with Crippen LogP contribution < -0.4 is 5.32 Å². The van der Waals surface area contributed by atoms with E-state index in [4.69, 9.17) is 11.6 Å². The van der Waals surface area contributed by atoms with Crippen LogP contribution in [0.3, 0.4) is 0 Å². The second kappa shape index (κ2) is 7.31. The summed E-state index contributed by atoms with van der Waals surface area (Å²) in [4.78, 5) is 44.7. The molecule has 4 rings (SSSR count). The Kier molecular flexibility index (Phi) is 4.98. The molecule has 0 saturated carbocycles. The molecule has 0 bridgehead atoms. The second-order valence-corrected chi connectivity index (χ2v) is 8.24. The lowest BCUT2D eigenvalue weighted by atomic mass is 9.82. The highest BCUT2D eigenvalue weighted by atomic mass is 35.5. The summed E-state index contributed by atoms with van der Waals surface area (Å²) in [5.41, 5.74) is 0.612. The van der Waals surface area contributed by atoms with Crippen molar-refractivity contribution in [3.05, 3.63) is 29.0 Å². The lowest BCUT2D eigenvalue weighted by molar-refractivity contribution is -0.131. The van der Waals surface area contributed by atoms with Crippen LogP contribution >= 0.6 is 11.6 Å². The summed E-state index contributed by atoms with van der Waals surface area (Å²) in [6.45, 7) is 2.84. The second-order valence-electron chi connectivity index (χ2n) is 7.84. The molecular formula is C18H22ClN5O4. The zero-order valence-corrected chi connectivity index (χ0v) is 16.1. The summed E-state index contributed by atoms with van der Waals surface area (Å²) in [5, 5.41) is 12.9. The largest absolute Gasteiger partial charge is 0.396 e. The normalized spacial score (nSPS) is 27.4. The molecular weight excluding hydrogens is 386 g/mol. The standard InChI is InChI=1S/C18H22ClN5O4/c19-14-3-20-2-1-12(14)4-22-5-13-6-24(10-18(13,9-22)11-25)16(27)8-23-7-15(26)21-17(23)28/h1-3,13,25H,4-11H2,(H,21,26,28). The Morgan fingerprint density at radius 3 is 2.82 bits per heavy atom. The minimum atomic E-state index is -0.532. The van der Waals surface area contributed by atoms with Crippen LogP contribution in [0.4, 0.5) is 4.79 Å². The number of nitrogens with one attached hydrogen (secondary N) is 1. The fourth-order valence-electron chi connectivity index (χ4n) is 4.47. The zero-order chi connectivity index (χ0) is 19.9. The van der Waals surface area contributed by atoms with Crippen LogP contribution in [0.1, 0.15) is 5.56 Å². The van der Waals surface area contributed by atoms with Gasteiger partial charge in [0, 0.05) is 50.5 Å². The number of aliphatic hydroxyl groups excluding tert-OH is 1. The number of rotatable bonds is 5. The summed E-state index contributed by atoms with van der Waals surface area (Å²) >= 11 is 6.21. The quantitative estimate of drug-likeness (QED) is 0.640. The molecule has 10 heteroatoms. The molecule has 3 aliphatic heterocycles. The van der Waals surface area contributed by atoms with Crippen molar-refractivity contribution in [2.24, 2.45) is 11.3 Å². The summed E-state index contributed by atoms with van der Waals surface area (Å²) < 4.78 is 0. The van der Waals surface area contributed by atoms with Gasteiger partial charge in [-0.3, -0.25) is 24.8 Å². The van der Waals surface area contributed by atoms with Gasteiger partial charge in [-0.2, -0.15) is 0 Å². The minimum Gasteiger partial charge on any atom is -0.396 e. The van der Waals surface area contributed by atoms with Gasteiger partial charge in [-0.05, 0) is 17.5 Å². The molecule has 4 amide bonds. The van der Waals surface area contributed by atoms with Crippen molar-refractivity contribution < 1.29 is 19.5 Å². The number of urea groups is 1. The maximum atomic E-state index is 12.6. The van der Waals surface area contributed by atoms with Gasteiger partial charge in [-0.15, -0.1) is 0 Å². The van der Waals surface area contributed by atoms with Crippen LogP contribution in [0.15, 0.2) is 18.5 Å². The van der Waals surface area contributed by atoms with E-state index in [2.05, 4.69) is 15.2 Å². The number of imide groups is 1. The molecule has 3 aliphatic rings. The smallest absolute Gasteiger partial charge is 0.325 e. The number of nitrogens with zero attached hydrogens (tertiary/aromatic N) is 4. The molecule has 0 aromatic carbocycles. The van der Waals surface area contributed by atoms with E-state index in [9.17, 15) is 19.5 Å². The summed E-state index contributed by atoms with van der Waals surface area (Å²) in [7, 11) is 0. The Morgan fingerprint density at radius 2 is 2.18 bits per heavy atom. The van der Waals surface area contributed by atoms with E-state index >= 15 is 0 Å². The third kappa shape index (κ3) is 3.45. The van der Waals surface area contributed by atoms with Gasteiger partial charge in [0.2, 0.25) is 11.8 Å². The molecule has 1 aromatic rings. The third-order valence-electron chi connectivity index (χ3n) is 5.94. The number of hydrogen-bond donors (Lipinski definition) is 2. The number of pyridine rings is 1. The number of carbonyl (C=O) groups excluding carboxylic acids is 3. The molecule has 2 unspecified atom stereocenters. The zero-order valence-electron chi connectivity index (χ0n) is 15.3. The highest BCUT2D eigenvalue weighted by Gasteiger charge is 2.53. The number of hydrogen-bond acceptors (Lipinski definition) is 6. The lowest BCUT2D eigenvalue weighted by Crippen LogP contribution is -2.43. The van der Waals surface area contributed by atoms with E-state index < -0.39 is 11.9 Å². The maximum absolute atomic E-state index is 12.6. The lowest BCUT2D eigenvalue weighted by Gasteiger charge is -2.28. The third-order valence-corrected chi connectivity index (χ3v) is 6.28. The van der Waals surface area contributed by atoms with Crippen LogP contribution in [0, 0.1) is 11.3 Å². The Balaban J connectivity index is 1.38. The fraction of sp³-hybridized carbons (Fsp3) is 0.556. The van der Waals surface area contributed by atoms with Crippen molar-refractivity contribution in [1.29, 1.82) is 0 Å². The van der Waals surface area contributed by atoms with E-state index in [1.807, 2.05) is 6.07 Å². The molecule has 3 saturated heterocycles. The van der Waals surface area contributed by atoms with Gasteiger partial charge in [0.05, 0.1) is 11.6 Å². The highest BCUT2D eigenvalue weighted by Crippen LogP contribution is 2.42. The van der Waals surface area contributed by atoms with Crippen LogP contribution in [-0.4, -0.2) is 88.5 Å². The first-order valence-electron chi connectivity index (χ1n) is 9.18. The first-order chi connectivity index (χ1) is 13.4. The van der Waals surface area contributed by atoms with Gasteiger partial charge >= 0.3 is 6.03 Å². The molecule has 2 atom stereocenters. The van der Waals surface area contributed by atoms with Gasteiger partial charge in [0.15, 0.2) is 0 Å². The van der Waals surface area contributed by atoms with Crippen molar-refractivity contribution in [2.75, 3.05) is 45.9 Å². The van der Waals surface area contributed by atoms with Crippen molar-refractivity contribution in [1.82, 2.24) is 25.0 Å². The molecule has 3 fully saturated rings. The Morgan fingerprint density at radius 1 is 1.36 bits per heavy atom. The maximum Gasteiger partial charge on any atom is 0.325 e. The van der Waals surface area contributed by atoms with E-state index in [0.29, 0.717) is 31.2 Å². The molecule has 9 nitrogen and oxygen atoms in total. The first kappa shape index (κ1) is 19.1. The number of amides is 4. The van der Waals surface area contributed by atoms with Crippen molar-refractivity contribution in [3.63, 3.8) is 0 Å². The van der Waals surface area contributed by atoms with Crippen LogP contribution in [0.2, 0.25) is 5.02 Å². The van der Waals surface area contributed by atoms with Crippen LogP contribution in [0.25, 0.3) is 0 Å². The average molecular weight is 408 g/mol. The van der Waals surface area contributed by atoms with Gasteiger partial charge in [-0.25, -0.2) is 4.79 Å². The number of carbonyl (C=O) groups is 3. The van der Waals surface area contributed by atoms with Crippen LogP contribution in [-0.2, 0) is 16.1 Å². The molecule has 0 radical (unpaired) electrons. The topological polar surface area (TPSA) is 106 Å². The van der Waals surface area contributed by atoms with E-state index in [1.165, 1.54) is 4.90 Å². The Bertz CT molecular complexity index is 821. The van der Waals surface area contributed by atoms with E-state index in [1.54, 1.807) is 17.3 Å². The number of aliphatic hydroxyl groups is 1. The summed E-state index contributed by atoms with van der Waals surface area (Å²) in [6, 6.07) is 1.36. The Labute approximate surface area is 167 Å². The van der Waals surface area contributed by atoms with E-state index in [-0.39, 0.29) is 36.9 Å². The number of fused-ring (bicyclic) bond motifs is 1. The molecule has 28 heavy (non-hydrogen) atoms. The molecule has 0 aliphatic carbocycles. The first-order valence-corrected chi connectivity index (χ1v) is 9.56. The van der Waals surface area contributed by atoms with E-state index in [0.717, 1.165) is 12.1 Å². The number of aromatic nitrogens is 1. The molecule has 0 spiro atoms. The fourth-order valence-corrected chi connectivity index (χ4v) is 4.65. The van der Waals surface area contributed by atoms with Gasteiger partial charge in [0.25, 0.3) is 0 Å². The van der Waals surface area contributed by atoms with Gasteiger partial charge < -0.3 is 14.9 Å². The predicted molar refractivity (Wildman–Crippen MR) is 99.2 cm³/mol. The van der Waals surface area contributed by atoms with Crippen LogP contribution in [0.5, 0.6) is 0 Å².